The van der Waals surface area contributed by atoms with E-state index >= 15 is 0 Å². The second kappa shape index (κ2) is 5.25. The molecule has 4 heteroatoms. The summed E-state index contributed by atoms with van der Waals surface area (Å²) in [6, 6.07) is 3.59. The van der Waals surface area contributed by atoms with Crippen LogP contribution in [0.2, 0.25) is 5.02 Å². The molecule has 1 unspecified atom stereocenters. The molecule has 0 radical (unpaired) electrons. The first-order chi connectivity index (χ1) is 7.70. The minimum atomic E-state index is -0.578. The fraction of sp³-hybridized carbons (Fsp3) is 0.538. The summed E-state index contributed by atoms with van der Waals surface area (Å²) in [5.74, 6) is 0. The molecule has 1 rings (SSSR count). The summed E-state index contributed by atoms with van der Waals surface area (Å²) in [5.41, 5.74) is 8.00. The molecule has 4 N–H and O–H groups in total. The number of nitrogen functional groups attached to an aromatic ring is 1. The number of aryl methyl sites for hydroxylation is 1. The number of aliphatic hydroxyl groups is 1. The van der Waals surface area contributed by atoms with Crippen LogP contribution in [0.5, 0.6) is 0 Å². The average Bonchev–Trinajstić information content (AvgIpc) is 2.20. The monoisotopic (exact) mass is 256 g/mol. The molecule has 0 aliphatic rings. The van der Waals surface area contributed by atoms with E-state index in [1.165, 1.54) is 0 Å². The number of nitrogens with one attached hydrogen (secondary N) is 1. The van der Waals surface area contributed by atoms with Gasteiger partial charge in [-0.2, -0.15) is 0 Å². The molecule has 0 heterocycles. The number of halogens is 1. The van der Waals surface area contributed by atoms with Crippen LogP contribution in [0.3, 0.4) is 0 Å². The minimum absolute atomic E-state index is 0.0202. The van der Waals surface area contributed by atoms with Gasteiger partial charge in [0.25, 0.3) is 0 Å². The van der Waals surface area contributed by atoms with E-state index in [-0.39, 0.29) is 5.54 Å². The van der Waals surface area contributed by atoms with E-state index < -0.39 is 6.10 Å². The van der Waals surface area contributed by atoms with Gasteiger partial charge >= 0.3 is 0 Å². The first-order valence-corrected chi connectivity index (χ1v) is 6.07. The predicted molar refractivity (Wildman–Crippen MR) is 73.3 cm³/mol. The second-order valence-corrected chi connectivity index (χ2v) is 5.79. The fourth-order valence-corrected chi connectivity index (χ4v) is 1.77. The van der Waals surface area contributed by atoms with Crippen LogP contribution >= 0.6 is 11.6 Å². The maximum absolute atomic E-state index is 10.1. The molecule has 0 fully saturated rings. The van der Waals surface area contributed by atoms with Crippen LogP contribution in [-0.2, 0) is 0 Å². The summed E-state index contributed by atoms with van der Waals surface area (Å²) in [6.07, 6.45) is -0.578. The van der Waals surface area contributed by atoms with E-state index in [0.717, 1.165) is 11.1 Å². The highest BCUT2D eigenvalue weighted by Crippen LogP contribution is 2.27. The molecular formula is C13H21ClN2O. The van der Waals surface area contributed by atoms with Gasteiger partial charge in [0, 0.05) is 12.1 Å². The number of hydrogen-bond acceptors (Lipinski definition) is 3. The van der Waals surface area contributed by atoms with Gasteiger partial charge in [-0.3, -0.25) is 0 Å². The summed E-state index contributed by atoms with van der Waals surface area (Å²) < 4.78 is 0. The Morgan fingerprint density at radius 3 is 2.47 bits per heavy atom. The van der Waals surface area contributed by atoms with Crippen LogP contribution in [0.4, 0.5) is 5.69 Å². The van der Waals surface area contributed by atoms with Gasteiger partial charge in [0.1, 0.15) is 0 Å². The van der Waals surface area contributed by atoms with Crippen LogP contribution in [0.15, 0.2) is 12.1 Å². The van der Waals surface area contributed by atoms with Gasteiger partial charge in [0.2, 0.25) is 0 Å². The molecule has 96 valence electrons. The van der Waals surface area contributed by atoms with E-state index in [4.69, 9.17) is 17.3 Å². The molecule has 0 saturated heterocycles. The van der Waals surface area contributed by atoms with Crippen molar-refractivity contribution in [3.8, 4) is 0 Å². The minimum Gasteiger partial charge on any atom is -0.397 e. The van der Waals surface area contributed by atoms with Crippen molar-refractivity contribution < 1.29 is 5.11 Å². The van der Waals surface area contributed by atoms with Crippen LogP contribution in [0.25, 0.3) is 0 Å². The molecule has 0 saturated carbocycles. The predicted octanol–water partition coefficient (Wildman–Crippen LogP) is 2.65. The molecule has 0 amide bonds. The van der Waals surface area contributed by atoms with E-state index in [2.05, 4.69) is 26.1 Å². The highest BCUT2D eigenvalue weighted by molar-refractivity contribution is 6.33. The smallest absolute Gasteiger partial charge is 0.0915 e. The summed E-state index contributed by atoms with van der Waals surface area (Å²) in [7, 11) is 0. The zero-order valence-corrected chi connectivity index (χ0v) is 11.6. The zero-order valence-electron chi connectivity index (χ0n) is 10.8. The van der Waals surface area contributed by atoms with E-state index in [1.54, 1.807) is 6.07 Å². The number of hydrogen-bond donors (Lipinski definition) is 3. The van der Waals surface area contributed by atoms with E-state index in [9.17, 15) is 5.11 Å². The Morgan fingerprint density at radius 2 is 2.00 bits per heavy atom. The summed E-state index contributed by atoms with van der Waals surface area (Å²) in [6.45, 7) is 8.54. The Balaban J connectivity index is 2.79. The van der Waals surface area contributed by atoms with Crippen LogP contribution < -0.4 is 11.1 Å². The average molecular weight is 257 g/mol. The van der Waals surface area contributed by atoms with Crippen LogP contribution in [0, 0.1) is 6.92 Å². The maximum Gasteiger partial charge on any atom is 0.0915 e. The van der Waals surface area contributed by atoms with Crippen molar-refractivity contribution in [2.24, 2.45) is 0 Å². The molecular weight excluding hydrogens is 236 g/mol. The third kappa shape index (κ3) is 4.19. The molecule has 3 nitrogen and oxygen atoms in total. The topological polar surface area (TPSA) is 58.3 Å². The highest BCUT2D eigenvalue weighted by atomic mass is 35.5. The third-order valence-electron chi connectivity index (χ3n) is 2.57. The third-order valence-corrected chi connectivity index (χ3v) is 2.88. The van der Waals surface area contributed by atoms with Crippen LogP contribution in [0.1, 0.15) is 38.0 Å². The Bertz CT molecular complexity index is 376. The van der Waals surface area contributed by atoms with Crippen molar-refractivity contribution in [2.75, 3.05) is 12.3 Å². The molecule has 17 heavy (non-hydrogen) atoms. The largest absolute Gasteiger partial charge is 0.397 e. The second-order valence-electron chi connectivity index (χ2n) is 5.38. The molecule has 1 aromatic carbocycles. The van der Waals surface area contributed by atoms with Crippen molar-refractivity contribution in [3.63, 3.8) is 0 Å². The van der Waals surface area contributed by atoms with E-state index in [1.807, 2.05) is 13.0 Å². The number of benzene rings is 1. The molecule has 0 bridgehead atoms. The maximum atomic E-state index is 10.1. The van der Waals surface area contributed by atoms with Gasteiger partial charge in [0.05, 0.1) is 16.8 Å². The van der Waals surface area contributed by atoms with Crippen LogP contribution in [-0.4, -0.2) is 17.2 Å². The SMILES string of the molecule is Cc1cc(C(O)CNC(C)(C)C)cc(Cl)c1N. The van der Waals surface area contributed by atoms with Crippen molar-refractivity contribution in [3.05, 3.63) is 28.3 Å². The lowest BCUT2D eigenvalue weighted by atomic mass is 10.0. The molecule has 1 aromatic rings. The molecule has 0 spiro atoms. The number of rotatable bonds is 3. The Labute approximate surface area is 108 Å². The number of nitrogens with two attached hydrogens (primary N) is 1. The molecule has 0 aromatic heterocycles. The van der Waals surface area contributed by atoms with Crippen molar-refractivity contribution in [2.45, 2.75) is 39.3 Å². The lowest BCUT2D eigenvalue weighted by molar-refractivity contribution is 0.163. The van der Waals surface area contributed by atoms with E-state index in [0.29, 0.717) is 17.3 Å². The first kappa shape index (κ1) is 14.3. The molecule has 0 aliphatic carbocycles. The standard InChI is InChI=1S/C13H21ClN2O/c1-8-5-9(6-10(14)12(8)15)11(17)7-16-13(2,3)4/h5-6,11,16-17H,7,15H2,1-4H3. The van der Waals surface area contributed by atoms with Gasteiger partial charge in [0.15, 0.2) is 0 Å². The lowest BCUT2D eigenvalue weighted by Crippen LogP contribution is -2.38. The Kier molecular flexibility index (Phi) is 4.42. The van der Waals surface area contributed by atoms with Gasteiger partial charge in [-0.05, 0) is 44.9 Å². The van der Waals surface area contributed by atoms with Gasteiger partial charge in [-0.25, -0.2) is 0 Å². The van der Waals surface area contributed by atoms with Crippen molar-refractivity contribution in [1.82, 2.24) is 5.32 Å². The number of aliphatic hydroxyl groups excluding tert-OH is 1. The Hall–Kier alpha value is -0.770. The van der Waals surface area contributed by atoms with Gasteiger partial charge in [-0.15, -0.1) is 0 Å². The highest BCUT2D eigenvalue weighted by Gasteiger charge is 2.15. The number of anilines is 1. The summed E-state index contributed by atoms with van der Waals surface area (Å²) in [4.78, 5) is 0. The summed E-state index contributed by atoms with van der Waals surface area (Å²) in [5, 5.41) is 13.8. The summed E-state index contributed by atoms with van der Waals surface area (Å²) >= 11 is 6.00. The van der Waals surface area contributed by atoms with Crippen molar-refractivity contribution in [1.29, 1.82) is 0 Å². The zero-order chi connectivity index (χ0) is 13.2. The van der Waals surface area contributed by atoms with Gasteiger partial charge < -0.3 is 16.2 Å². The fourth-order valence-electron chi connectivity index (χ4n) is 1.49. The quantitative estimate of drug-likeness (QED) is 0.729. The first-order valence-electron chi connectivity index (χ1n) is 5.69. The van der Waals surface area contributed by atoms with Gasteiger partial charge in [-0.1, -0.05) is 17.7 Å². The van der Waals surface area contributed by atoms with Crippen molar-refractivity contribution >= 4 is 17.3 Å². The lowest BCUT2D eigenvalue weighted by Gasteiger charge is -2.23. The Morgan fingerprint density at radius 1 is 1.41 bits per heavy atom. The molecule has 0 aliphatic heterocycles. The number of β-amino-alcohol motifs (C(OH)–C–C–N with tert-alkyl or cyclic N) is 1. The normalized spacial score (nSPS) is 13.8. The molecule has 1 atom stereocenters.